The number of hydrogen-bond donors (Lipinski definition) is 3. The second kappa shape index (κ2) is 10.2. The first-order valence-corrected chi connectivity index (χ1v) is 9.30. The quantitative estimate of drug-likeness (QED) is 0.650. The molecule has 26 heavy (non-hydrogen) atoms. The molecule has 3 rings (SSSR count). The summed E-state index contributed by atoms with van der Waals surface area (Å²) in [5, 5.41) is 3.46. The van der Waals surface area contributed by atoms with Crippen molar-refractivity contribution in [3.63, 3.8) is 0 Å². The van der Waals surface area contributed by atoms with Crippen molar-refractivity contribution in [3.05, 3.63) is 35.9 Å². The fourth-order valence-corrected chi connectivity index (χ4v) is 3.76. The molecule has 1 aromatic carbocycles. The number of nitrogens with zero attached hydrogens (tertiary/aromatic N) is 1. The van der Waals surface area contributed by atoms with Gasteiger partial charge in [-0.05, 0) is 19.4 Å². The molecule has 2 aliphatic heterocycles. The van der Waals surface area contributed by atoms with E-state index in [9.17, 15) is 4.79 Å². The van der Waals surface area contributed by atoms with E-state index in [1.807, 2.05) is 24.8 Å². The predicted octanol–water partition coefficient (Wildman–Crippen LogP) is 1.49. The van der Waals surface area contributed by atoms with Crippen LogP contribution in [0.1, 0.15) is 31.9 Å². The largest absolute Gasteiger partial charge is 0.372 e. The Morgan fingerprint density at radius 2 is 1.92 bits per heavy atom. The highest BCUT2D eigenvalue weighted by Crippen LogP contribution is 2.23. The first-order valence-electron chi connectivity index (χ1n) is 9.30. The lowest BCUT2D eigenvalue weighted by Crippen LogP contribution is -2.48. The van der Waals surface area contributed by atoms with Crippen molar-refractivity contribution >= 4 is 18.3 Å². The van der Waals surface area contributed by atoms with E-state index >= 15 is 0 Å². The second-order valence-corrected chi connectivity index (χ2v) is 7.18. The standard InChI is InChI=1S/C19H30N4O2.ClH/c1-14-12-23(13-15(2)25-14)18(24)8-9-20-10-17-11-21-22-19(17)16-6-4-3-5-7-16;/h3-7,14-15,17,19-22H,8-13H2,1-2H3;1H. The van der Waals surface area contributed by atoms with Gasteiger partial charge in [-0.2, -0.15) is 0 Å². The number of rotatable bonds is 6. The molecular weight excluding hydrogens is 352 g/mol. The topological polar surface area (TPSA) is 65.6 Å². The van der Waals surface area contributed by atoms with E-state index in [1.54, 1.807) is 0 Å². The van der Waals surface area contributed by atoms with E-state index in [1.165, 1.54) is 5.56 Å². The monoisotopic (exact) mass is 382 g/mol. The molecule has 2 saturated heterocycles. The average Bonchev–Trinajstić information content (AvgIpc) is 3.07. The molecule has 2 fully saturated rings. The van der Waals surface area contributed by atoms with E-state index in [-0.39, 0.29) is 30.5 Å². The van der Waals surface area contributed by atoms with Crippen LogP contribution in [0.3, 0.4) is 0 Å². The van der Waals surface area contributed by atoms with Crippen LogP contribution in [-0.4, -0.2) is 55.7 Å². The molecule has 0 aromatic heterocycles. The van der Waals surface area contributed by atoms with Crippen molar-refractivity contribution in [1.29, 1.82) is 0 Å². The summed E-state index contributed by atoms with van der Waals surface area (Å²) in [7, 11) is 0. The van der Waals surface area contributed by atoms with Crippen molar-refractivity contribution in [1.82, 2.24) is 21.1 Å². The summed E-state index contributed by atoms with van der Waals surface area (Å²) in [6, 6.07) is 10.8. The molecule has 0 saturated carbocycles. The zero-order valence-electron chi connectivity index (χ0n) is 15.6. The summed E-state index contributed by atoms with van der Waals surface area (Å²) in [6.45, 7) is 8.00. The summed E-state index contributed by atoms with van der Waals surface area (Å²) < 4.78 is 5.69. The molecule has 3 N–H and O–H groups in total. The third-order valence-corrected chi connectivity index (χ3v) is 4.95. The van der Waals surface area contributed by atoms with E-state index < -0.39 is 0 Å². The molecule has 0 radical (unpaired) electrons. The maximum Gasteiger partial charge on any atom is 0.224 e. The molecule has 4 unspecified atom stereocenters. The van der Waals surface area contributed by atoms with Gasteiger partial charge in [0, 0.05) is 45.1 Å². The zero-order valence-corrected chi connectivity index (χ0v) is 16.4. The Kier molecular flexibility index (Phi) is 8.31. The van der Waals surface area contributed by atoms with Gasteiger partial charge in [0.2, 0.25) is 5.91 Å². The molecule has 0 aliphatic carbocycles. The molecule has 0 bridgehead atoms. The van der Waals surface area contributed by atoms with Crippen molar-refractivity contribution in [2.24, 2.45) is 5.92 Å². The summed E-state index contributed by atoms with van der Waals surface area (Å²) >= 11 is 0. The van der Waals surface area contributed by atoms with Gasteiger partial charge in [0.15, 0.2) is 0 Å². The first kappa shape index (κ1) is 21.1. The highest BCUT2D eigenvalue weighted by atomic mass is 35.5. The van der Waals surface area contributed by atoms with Crippen LogP contribution < -0.4 is 16.2 Å². The average molecular weight is 383 g/mol. The molecule has 1 aromatic rings. The van der Waals surface area contributed by atoms with E-state index in [4.69, 9.17) is 4.74 Å². The molecule has 7 heteroatoms. The van der Waals surface area contributed by atoms with Crippen LogP contribution in [0.4, 0.5) is 0 Å². The van der Waals surface area contributed by atoms with Gasteiger partial charge in [0.05, 0.1) is 18.2 Å². The number of halogens is 1. The van der Waals surface area contributed by atoms with Crippen molar-refractivity contribution < 1.29 is 9.53 Å². The summed E-state index contributed by atoms with van der Waals surface area (Å²) in [4.78, 5) is 14.3. The minimum absolute atomic E-state index is 0. The van der Waals surface area contributed by atoms with Crippen LogP contribution in [0.2, 0.25) is 0 Å². The fourth-order valence-electron chi connectivity index (χ4n) is 3.76. The van der Waals surface area contributed by atoms with Crippen molar-refractivity contribution in [2.75, 3.05) is 32.7 Å². The Hall–Kier alpha value is -1.18. The van der Waals surface area contributed by atoms with Crippen LogP contribution >= 0.6 is 12.4 Å². The molecule has 4 atom stereocenters. The minimum atomic E-state index is 0. The van der Waals surface area contributed by atoms with E-state index in [0.29, 0.717) is 31.5 Å². The Bertz CT molecular complexity index is 550. The molecule has 2 heterocycles. The number of ether oxygens (including phenoxy) is 1. The molecule has 2 aliphatic rings. The fraction of sp³-hybridized carbons (Fsp3) is 0.632. The van der Waals surface area contributed by atoms with Crippen LogP contribution in [0.5, 0.6) is 0 Å². The maximum atomic E-state index is 12.4. The van der Waals surface area contributed by atoms with Crippen LogP contribution in [0.15, 0.2) is 30.3 Å². The van der Waals surface area contributed by atoms with Gasteiger partial charge in [0.1, 0.15) is 0 Å². The molecule has 146 valence electrons. The van der Waals surface area contributed by atoms with Crippen molar-refractivity contribution in [3.8, 4) is 0 Å². The molecule has 1 amide bonds. The van der Waals surface area contributed by atoms with Crippen LogP contribution in [-0.2, 0) is 9.53 Å². The van der Waals surface area contributed by atoms with Gasteiger partial charge in [-0.3, -0.25) is 10.2 Å². The summed E-state index contributed by atoms with van der Waals surface area (Å²) in [5.74, 6) is 0.692. The lowest BCUT2D eigenvalue weighted by atomic mass is 9.95. The van der Waals surface area contributed by atoms with Gasteiger partial charge < -0.3 is 15.0 Å². The normalized spacial score (nSPS) is 28.6. The number of hydrogen-bond acceptors (Lipinski definition) is 5. The summed E-state index contributed by atoms with van der Waals surface area (Å²) in [6.07, 6.45) is 0.800. The SMILES string of the molecule is CC1CN(C(=O)CCNCC2CNNC2c2ccccc2)CC(C)O1.Cl. The third-order valence-electron chi connectivity index (χ3n) is 4.95. The van der Waals surface area contributed by atoms with Gasteiger partial charge in [-0.1, -0.05) is 30.3 Å². The zero-order chi connectivity index (χ0) is 17.6. The van der Waals surface area contributed by atoms with Crippen LogP contribution in [0, 0.1) is 5.92 Å². The number of morpholine rings is 1. The maximum absolute atomic E-state index is 12.4. The number of benzene rings is 1. The second-order valence-electron chi connectivity index (χ2n) is 7.18. The number of carbonyl (C=O) groups is 1. The minimum Gasteiger partial charge on any atom is -0.372 e. The van der Waals surface area contributed by atoms with Gasteiger partial charge >= 0.3 is 0 Å². The van der Waals surface area contributed by atoms with E-state index in [0.717, 1.165) is 19.6 Å². The van der Waals surface area contributed by atoms with Gasteiger partial charge in [-0.15, -0.1) is 12.4 Å². The highest BCUT2D eigenvalue weighted by molar-refractivity contribution is 5.85. The Morgan fingerprint density at radius 1 is 1.23 bits per heavy atom. The Morgan fingerprint density at radius 3 is 2.62 bits per heavy atom. The third kappa shape index (κ3) is 5.66. The molecular formula is C19H31ClN4O2. The summed E-state index contributed by atoms with van der Waals surface area (Å²) in [5.41, 5.74) is 7.91. The van der Waals surface area contributed by atoms with Crippen LogP contribution in [0.25, 0.3) is 0 Å². The lowest BCUT2D eigenvalue weighted by molar-refractivity contribution is -0.143. The number of amides is 1. The number of hydrazine groups is 1. The van der Waals surface area contributed by atoms with Crippen molar-refractivity contribution in [2.45, 2.75) is 38.5 Å². The smallest absolute Gasteiger partial charge is 0.224 e. The molecule has 0 spiro atoms. The van der Waals surface area contributed by atoms with E-state index in [2.05, 4.69) is 40.4 Å². The number of carbonyl (C=O) groups excluding carboxylic acids is 1. The lowest BCUT2D eigenvalue weighted by Gasteiger charge is -2.35. The Balaban J connectivity index is 0.00000243. The highest BCUT2D eigenvalue weighted by Gasteiger charge is 2.28. The van der Waals surface area contributed by atoms with Gasteiger partial charge in [-0.25, -0.2) is 5.43 Å². The molecule has 6 nitrogen and oxygen atoms in total. The van der Waals surface area contributed by atoms with Gasteiger partial charge in [0.25, 0.3) is 0 Å². The predicted molar refractivity (Wildman–Crippen MR) is 105 cm³/mol. The number of nitrogens with one attached hydrogen (secondary N) is 3. The first-order chi connectivity index (χ1) is 12.1. The Labute approximate surface area is 162 Å².